The van der Waals surface area contributed by atoms with Crippen LogP contribution in [0.15, 0.2) is 12.2 Å². The Morgan fingerprint density at radius 2 is 0.500 bits per heavy atom. The smallest absolute Gasteiger partial charge is 0.306 e. The summed E-state index contributed by atoms with van der Waals surface area (Å²) >= 11 is 0. The molecule has 0 rings (SSSR count). The van der Waals surface area contributed by atoms with Gasteiger partial charge in [-0.15, -0.1) is 0 Å². The van der Waals surface area contributed by atoms with Crippen LogP contribution in [0.3, 0.4) is 0 Å². The Labute approximate surface area is 411 Å². The van der Waals surface area contributed by atoms with E-state index < -0.39 is 6.10 Å². The Morgan fingerprint density at radius 1 is 0.288 bits per heavy atom. The third-order valence-corrected chi connectivity index (χ3v) is 13.5. The number of esters is 3. The molecule has 6 heteroatoms. The van der Waals surface area contributed by atoms with E-state index in [-0.39, 0.29) is 31.1 Å². The predicted molar refractivity (Wildman–Crippen MR) is 284 cm³/mol. The summed E-state index contributed by atoms with van der Waals surface area (Å²) in [6, 6.07) is 0. The highest BCUT2D eigenvalue weighted by molar-refractivity contribution is 5.71. The highest BCUT2D eigenvalue weighted by Crippen LogP contribution is 2.18. The van der Waals surface area contributed by atoms with Crippen LogP contribution >= 0.6 is 0 Å². The van der Waals surface area contributed by atoms with Crippen LogP contribution in [-0.2, 0) is 28.6 Å². The first kappa shape index (κ1) is 64.2. The summed E-state index contributed by atoms with van der Waals surface area (Å²) in [4.78, 5) is 37.8. The average Bonchev–Trinajstić information content (AvgIpc) is 3.31. The van der Waals surface area contributed by atoms with Gasteiger partial charge in [-0.05, 0) is 44.9 Å². The summed E-state index contributed by atoms with van der Waals surface area (Å²) in [7, 11) is 0. The van der Waals surface area contributed by atoms with Crippen LogP contribution in [0.5, 0.6) is 0 Å². The first-order valence-electron chi connectivity index (χ1n) is 29.7. The Morgan fingerprint density at radius 3 is 0.788 bits per heavy atom. The summed E-state index contributed by atoms with van der Waals surface area (Å²) in [5, 5.41) is 0. The number of rotatable bonds is 55. The van der Waals surface area contributed by atoms with Gasteiger partial charge < -0.3 is 14.2 Å². The SMILES string of the molecule is CCCCC/C=C\CCCCCCCC(=O)OC(COC(=O)CCCCCCCC)COC(=O)CCCCCCCCCCCCCCCCCCCCCCCCCCCCCCCC. The Hall–Kier alpha value is -1.85. The second-order valence-electron chi connectivity index (χ2n) is 20.3. The third kappa shape index (κ3) is 53.1. The average molecular weight is 932 g/mol. The predicted octanol–water partition coefficient (Wildman–Crippen LogP) is 19.7. The van der Waals surface area contributed by atoms with Gasteiger partial charge in [-0.2, -0.15) is 0 Å². The van der Waals surface area contributed by atoms with Crippen LogP contribution in [0, 0.1) is 0 Å². The lowest BCUT2D eigenvalue weighted by Crippen LogP contribution is -2.30. The van der Waals surface area contributed by atoms with E-state index in [1.165, 1.54) is 231 Å². The molecule has 0 saturated heterocycles. The molecule has 0 amide bonds. The maximum Gasteiger partial charge on any atom is 0.306 e. The van der Waals surface area contributed by atoms with Crippen LogP contribution < -0.4 is 0 Å². The molecule has 0 saturated carbocycles. The monoisotopic (exact) mass is 931 g/mol. The van der Waals surface area contributed by atoms with Gasteiger partial charge in [0, 0.05) is 19.3 Å². The maximum absolute atomic E-state index is 12.7. The lowest BCUT2D eigenvalue weighted by molar-refractivity contribution is -0.167. The van der Waals surface area contributed by atoms with Gasteiger partial charge in [-0.3, -0.25) is 14.4 Å². The summed E-state index contributed by atoms with van der Waals surface area (Å²) < 4.78 is 16.7. The number of ether oxygens (including phenoxy) is 3. The minimum absolute atomic E-state index is 0.0690. The molecule has 1 atom stereocenters. The lowest BCUT2D eigenvalue weighted by Gasteiger charge is -2.18. The number of carbonyl (C=O) groups is 3. The fourth-order valence-corrected chi connectivity index (χ4v) is 9.03. The number of allylic oxidation sites excluding steroid dienone is 2. The molecule has 66 heavy (non-hydrogen) atoms. The van der Waals surface area contributed by atoms with Crippen LogP contribution in [0.4, 0.5) is 0 Å². The molecule has 0 aromatic rings. The van der Waals surface area contributed by atoms with Crippen molar-refractivity contribution in [3.63, 3.8) is 0 Å². The topological polar surface area (TPSA) is 78.9 Å². The maximum atomic E-state index is 12.7. The van der Waals surface area contributed by atoms with Crippen molar-refractivity contribution in [2.75, 3.05) is 13.2 Å². The third-order valence-electron chi connectivity index (χ3n) is 13.5. The lowest BCUT2D eigenvalue weighted by atomic mass is 10.0. The van der Waals surface area contributed by atoms with E-state index in [1.54, 1.807) is 0 Å². The van der Waals surface area contributed by atoms with Gasteiger partial charge in [0.2, 0.25) is 0 Å². The summed E-state index contributed by atoms with van der Waals surface area (Å²) in [6.07, 6.45) is 64.1. The van der Waals surface area contributed by atoms with Gasteiger partial charge in [-0.25, -0.2) is 0 Å². The fraction of sp³-hybridized carbons (Fsp3) is 0.917. The highest BCUT2D eigenvalue weighted by Gasteiger charge is 2.19. The molecular formula is C60H114O6. The fourth-order valence-electron chi connectivity index (χ4n) is 9.03. The molecule has 6 nitrogen and oxygen atoms in total. The van der Waals surface area contributed by atoms with Crippen LogP contribution in [0.2, 0.25) is 0 Å². The van der Waals surface area contributed by atoms with Crippen LogP contribution in [-0.4, -0.2) is 37.2 Å². The highest BCUT2D eigenvalue weighted by atomic mass is 16.6. The van der Waals surface area contributed by atoms with E-state index in [0.29, 0.717) is 19.3 Å². The Bertz CT molecular complexity index is 1020. The van der Waals surface area contributed by atoms with E-state index in [4.69, 9.17) is 14.2 Å². The zero-order chi connectivity index (χ0) is 47.9. The minimum atomic E-state index is -0.766. The van der Waals surface area contributed by atoms with Crippen molar-refractivity contribution in [1.82, 2.24) is 0 Å². The number of hydrogen-bond donors (Lipinski definition) is 0. The van der Waals surface area contributed by atoms with E-state index in [2.05, 4.69) is 32.9 Å². The molecule has 1 unspecified atom stereocenters. The first-order valence-corrected chi connectivity index (χ1v) is 29.7. The first-order chi connectivity index (χ1) is 32.5. The second-order valence-corrected chi connectivity index (χ2v) is 20.3. The number of carbonyl (C=O) groups excluding carboxylic acids is 3. The van der Waals surface area contributed by atoms with E-state index in [9.17, 15) is 14.4 Å². The van der Waals surface area contributed by atoms with Crippen LogP contribution in [0.25, 0.3) is 0 Å². The summed E-state index contributed by atoms with van der Waals surface area (Å²) in [5.41, 5.74) is 0. The molecule has 0 heterocycles. The van der Waals surface area contributed by atoms with Crippen molar-refractivity contribution in [1.29, 1.82) is 0 Å². The zero-order valence-electron chi connectivity index (χ0n) is 44.7. The van der Waals surface area contributed by atoms with Crippen molar-refractivity contribution >= 4 is 17.9 Å². The molecule has 0 bridgehead atoms. The molecule has 0 radical (unpaired) electrons. The number of hydrogen-bond acceptors (Lipinski definition) is 6. The van der Waals surface area contributed by atoms with Gasteiger partial charge in [0.25, 0.3) is 0 Å². The van der Waals surface area contributed by atoms with Crippen molar-refractivity contribution in [3.8, 4) is 0 Å². The molecular weight excluding hydrogens is 817 g/mol. The molecule has 0 aliphatic carbocycles. The minimum Gasteiger partial charge on any atom is -0.462 e. The molecule has 0 aliphatic heterocycles. The normalized spacial score (nSPS) is 12.0. The van der Waals surface area contributed by atoms with Gasteiger partial charge in [0.1, 0.15) is 13.2 Å². The Kier molecular flexibility index (Phi) is 54.2. The molecule has 0 fully saturated rings. The molecule has 0 spiro atoms. The second kappa shape index (κ2) is 55.7. The van der Waals surface area contributed by atoms with Crippen LogP contribution in [0.1, 0.15) is 335 Å². The van der Waals surface area contributed by atoms with Crippen molar-refractivity contribution in [2.24, 2.45) is 0 Å². The summed E-state index contributed by atoms with van der Waals surface area (Å²) in [6.45, 7) is 6.59. The van der Waals surface area contributed by atoms with Crippen molar-refractivity contribution < 1.29 is 28.6 Å². The molecule has 0 N–H and O–H groups in total. The van der Waals surface area contributed by atoms with Crippen molar-refractivity contribution in [2.45, 2.75) is 341 Å². The molecule has 0 aliphatic rings. The Balaban J connectivity index is 3.90. The van der Waals surface area contributed by atoms with Gasteiger partial charge in [-0.1, -0.05) is 283 Å². The van der Waals surface area contributed by atoms with Gasteiger partial charge in [0.05, 0.1) is 0 Å². The van der Waals surface area contributed by atoms with Gasteiger partial charge >= 0.3 is 17.9 Å². The quantitative estimate of drug-likeness (QED) is 0.0262. The standard InChI is InChI=1S/C60H114O6/c1-4-7-10-13-16-18-20-22-23-24-25-26-27-28-29-30-31-32-33-34-35-36-37-38-39-41-42-44-47-50-53-59(62)65-56-57(55-64-58(61)52-49-46-15-12-9-6-3)66-60(63)54-51-48-45-43-40-21-19-17-14-11-8-5-2/h17,19,57H,4-16,18,20-56H2,1-3H3/b19-17-. The molecule has 390 valence electrons. The summed E-state index contributed by atoms with van der Waals surface area (Å²) in [5.74, 6) is -0.871. The number of unbranched alkanes of at least 4 members (excludes halogenated alkanes) is 42. The van der Waals surface area contributed by atoms with Gasteiger partial charge in [0.15, 0.2) is 6.10 Å². The molecule has 0 aromatic heterocycles. The zero-order valence-corrected chi connectivity index (χ0v) is 44.7. The van der Waals surface area contributed by atoms with E-state index >= 15 is 0 Å². The van der Waals surface area contributed by atoms with E-state index in [0.717, 1.165) is 64.2 Å². The van der Waals surface area contributed by atoms with E-state index in [1.807, 2.05) is 0 Å². The largest absolute Gasteiger partial charge is 0.462 e. The van der Waals surface area contributed by atoms with Crippen molar-refractivity contribution in [3.05, 3.63) is 12.2 Å². The molecule has 0 aromatic carbocycles.